The number of halogens is 3. The summed E-state index contributed by atoms with van der Waals surface area (Å²) >= 11 is 6.41. The van der Waals surface area contributed by atoms with E-state index in [9.17, 15) is 13.6 Å². The molecule has 4 heterocycles. The number of anilines is 2. The number of piperazine rings is 1. The minimum atomic E-state index is -2.86. The number of alkyl halides is 2. The highest BCUT2D eigenvalue weighted by molar-refractivity contribution is 6.31. The molecule has 0 spiro atoms. The molecule has 39 heavy (non-hydrogen) atoms. The van der Waals surface area contributed by atoms with Crippen LogP contribution < -0.4 is 9.80 Å². The van der Waals surface area contributed by atoms with Gasteiger partial charge in [-0.3, -0.25) is 4.68 Å². The van der Waals surface area contributed by atoms with E-state index in [-0.39, 0.29) is 18.2 Å². The number of nitrogens with zero attached hydrogens (tertiary/aromatic N) is 7. The minimum absolute atomic E-state index is 0.0987. The minimum Gasteiger partial charge on any atom is -0.462 e. The number of hydrogen-bond donors (Lipinski definition) is 0. The van der Waals surface area contributed by atoms with Gasteiger partial charge in [-0.2, -0.15) is 5.10 Å². The van der Waals surface area contributed by atoms with Crippen molar-refractivity contribution in [2.24, 2.45) is 0 Å². The lowest BCUT2D eigenvalue weighted by molar-refractivity contribution is 0.0512. The van der Waals surface area contributed by atoms with Gasteiger partial charge in [-0.15, -0.1) is 0 Å². The van der Waals surface area contributed by atoms with Crippen LogP contribution in [0.1, 0.15) is 48.3 Å². The number of carbonyl (C=O) groups is 1. The quantitative estimate of drug-likeness (QED) is 0.385. The summed E-state index contributed by atoms with van der Waals surface area (Å²) in [5.41, 5.74) is 2.04. The summed E-state index contributed by atoms with van der Waals surface area (Å²) in [6.45, 7) is 6.57. The summed E-state index contributed by atoms with van der Waals surface area (Å²) in [4.78, 5) is 28.2. The number of rotatable bonds is 7. The van der Waals surface area contributed by atoms with Crippen LogP contribution in [0.5, 0.6) is 0 Å². The molecular formula is C27H32ClF2N7O2. The van der Waals surface area contributed by atoms with Crippen molar-refractivity contribution in [3.63, 3.8) is 0 Å². The van der Waals surface area contributed by atoms with E-state index in [2.05, 4.69) is 36.8 Å². The second kappa shape index (κ2) is 11.8. The zero-order valence-electron chi connectivity index (χ0n) is 22.1. The first-order valence-electron chi connectivity index (χ1n) is 13.2. The normalized spacial score (nSPS) is 18.6. The van der Waals surface area contributed by atoms with E-state index in [4.69, 9.17) is 16.3 Å². The molecule has 2 aromatic heterocycles. The molecule has 0 N–H and O–H groups in total. The Morgan fingerprint density at radius 2 is 1.85 bits per heavy atom. The molecule has 9 nitrogen and oxygen atoms in total. The zero-order valence-corrected chi connectivity index (χ0v) is 22.8. The maximum Gasteiger partial charge on any atom is 0.341 e. The summed E-state index contributed by atoms with van der Waals surface area (Å²) in [5.74, 6) is -0.0834. The smallest absolute Gasteiger partial charge is 0.341 e. The fourth-order valence-corrected chi connectivity index (χ4v) is 5.43. The number of benzene rings is 1. The highest BCUT2D eigenvalue weighted by Gasteiger charge is 2.32. The first kappa shape index (κ1) is 27.3. The second-order valence-corrected chi connectivity index (χ2v) is 10.3. The lowest BCUT2D eigenvalue weighted by Crippen LogP contribution is -2.45. The Kier molecular flexibility index (Phi) is 8.27. The maximum atomic E-state index is 14.1. The van der Waals surface area contributed by atoms with Gasteiger partial charge >= 0.3 is 5.97 Å². The monoisotopic (exact) mass is 559 g/mol. The number of carbonyl (C=O) groups excluding carboxylic acids is 1. The van der Waals surface area contributed by atoms with E-state index in [1.807, 2.05) is 30.6 Å². The van der Waals surface area contributed by atoms with Crippen LogP contribution in [-0.4, -0.2) is 83.5 Å². The number of likely N-dealkylation sites (N-methyl/N-ethyl adjacent to an activating group) is 1. The van der Waals surface area contributed by atoms with E-state index in [0.717, 1.165) is 56.0 Å². The van der Waals surface area contributed by atoms with E-state index < -0.39 is 18.1 Å². The van der Waals surface area contributed by atoms with Gasteiger partial charge in [-0.25, -0.2) is 23.5 Å². The molecule has 1 atom stereocenters. The van der Waals surface area contributed by atoms with Crippen LogP contribution in [0.15, 0.2) is 36.8 Å². The van der Waals surface area contributed by atoms with Crippen molar-refractivity contribution in [2.75, 3.05) is 62.7 Å². The van der Waals surface area contributed by atoms with Crippen LogP contribution in [0, 0.1) is 0 Å². The molecule has 0 saturated carbocycles. The second-order valence-electron chi connectivity index (χ2n) is 9.87. The number of ether oxygens (including phenoxy) is 1. The van der Waals surface area contributed by atoms with Crippen LogP contribution in [-0.2, 0) is 4.74 Å². The fourth-order valence-electron chi connectivity index (χ4n) is 5.26. The number of esters is 1. The maximum absolute atomic E-state index is 14.1. The lowest BCUT2D eigenvalue weighted by Gasteiger charge is -2.36. The van der Waals surface area contributed by atoms with Crippen LogP contribution in [0.3, 0.4) is 0 Å². The average molecular weight is 560 g/mol. The SMILES string of the molecule is CCOC(=O)c1cnn(C2CCCN(c3cc(Cl)ccc3-c3cnc(N4CCN(C)CC4)nc3)C2)c1C(F)F. The zero-order chi connectivity index (χ0) is 27.5. The number of aromatic nitrogens is 4. The predicted molar refractivity (Wildman–Crippen MR) is 146 cm³/mol. The molecule has 2 fully saturated rings. The van der Waals surface area contributed by atoms with Crippen LogP contribution >= 0.6 is 11.6 Å². The third-order valence-electron chi connectivity index (χ3n) is 7.31. The molecule has 0 bridgehead atoms. The van der Waals surface area contributed by atoms with Crippen molar-refractivity contribution in [2.45, 2.75) is 32.2 Å². The molecule has 3 aromatic rings. The Hall–Kier alpha value is -3.31. The van der Waals surface area contributed by atoms with Crippen LogP contribution in [0.2, 0.25) is 5.02 Å². The third-order valence-corrected chi connectivity index (χ3v) is 7.55. The first-order valence-corrected chi connectivity index (χ1v) is 13.6. The van der Waals surface area contributed by atoms with Crippen molar-refractivity contribution in [1.29, 1.82) is 0 Å². The van der Waals surface area contributed by atoms with Gasteiger partial charge in [0.15, 0.2) is 0 Å². The Morgan fingerprint density at radius 1 is 1.10 bits per heavy atom. The van der Waals surface area contributed by atoms with Gasteiger partial charge in [-0.05, 0) is 38.9 Å². The van der Waals surface area contributed by atoms with Crippen molar-refractivity contribution >= 4 is 29.2 Å². The highest BCUT2D eigenvalue weighted by Crippen LogP contribution is 2.37. The van der Waals surface area contributed by atoms with Crippen LogP contribution in [0.25, 0.3) is 11.1 Å². The third kappa shape index (κ3) is 5.84. The van der Waals surface area contributed by atoms with Crippen LogP contribution in [0.4, 0.5) is 20.4 Å². The molecule has 12 heteroatoms. The summed E-state index contributed by atoms with van der Waals surface area (Å²) < 4.78 is 34.5. The Labute approximate surface area is 231 Å². The Bertz CT molecular complexity index is 1300. The molecule has 2 aliphatic heterocycles. The van der Waals surface area contributed by atoms with Crippen molar-refractivity contribution in [3.05, 3.63) is 53.1 Å². The van der Waals surface area contributed by atoms with E-state index in [1.54, 1.807) is 6.92 Å². The van der Waals surface area contributed by atoms with Gasteiger partial charge in [-0.1, -0.05) is 17.7 Å². The molecule has 208 valence electrons. The van der Waals surface area contributed by atoms with E-state index in [1.165, 1.54) is 10.9 Å². The molecule has 2 saturated heterocycles. The van der Waals surface area contributed by atoms with Gasteiger partial charge in [0.1, 0.15) is 11.3 Å². The number of piperidine rings is 1. The van der Waals surface area contributed by atoms with Crippen molar-refractivity contribution in [1.82, 2.24) is 24.6 Å². The molecule has 0 aliphatic carbocycles. The van der Waals surface area contributed by atoms with Gasteiger partial charge in [0.05, 0.1) is 18.8 Å². The summed E-state index contributed by atoms with van der Waals surface area (Å²) in [7, 11) is 2.11. The molecule has 5 rings (SSSR count). The van der Waals surface area contributed by atoms with E-state index >= 15 is 0 Å². The Morgan fingerprint density at radius 3 is 2.54 bits per heavy atom. The predicted octanol–water partition coefficient (Wildman–Crippen LogP) is 4.70. The van der Waals surface area contributed by atoms with Gasteiger partial charge in [0.2, 0.25) is 5.95 Å². The highest BCUT2D eigenvalue weighted by atomic mass is 35.5. The largest absolute Gasteiger partial charge is 0.462 e. The molecule has 1 unspecified atom stereocenters. The lowest BCUT2D eigenvalue weighted by atomic mass is 10.0. The summed E-state index contributed by atoms with van der Waals surface area (Å²) in [5, 5.41) is 4.78. The van der Waals surface area contributed by atoms with Gasteiger partial charge in [0, 0.05) is 73.5 Å². The first-order chi connectivity index (χ1) is 18.9. The number of hydrogen-bond acceptors (Lipinski definition) is 8. The molecule has 0 amide bonds. The fraction of sp³-hybridized carbons (Fsp3) is 0.481. The Balaban J connectivity index is 1.41. The average Bonchev–Trinajstić information content (AvgIpc) is 3.40. The van der Waals surface area contributed by atoms with Gasteiger partial charge < -0.3 is 19.4 Å². The molecule has 1 aromatic carbocycles. The standard InChI is InChI=1S/C27H32ClF2N7O2/c1-3-39-26(38)22-16-33-37(24(22)25(29)30)20-5-4-8-36(17-20)23-13-19(28)6-7-21(23)18-14-31-27(32-15-18)35-11-9-34(2)10-12-35/h6-7,13-16,20,25H,3-5,8-12,17H2,1-2H3. The molecule has 0 radical (unpaired) electrons. The molecule has 2 aliphatic rings. The molecular weight excluding hydrogens is 528 g/mol. The summed E-state index contributed by atoms with van der Waals surface area (Å²) in [6.07, 6.45) is 3.37. The van der Waals surface area contributed by atoms with Crippen molar-refractivity contribution in [3.8, 4) is 11.1 Å². The van der Waals surface area contributed by atoms with Gasteiger partial charge in [0.25, 0.3) is 6.43 Å². The topological polar surface area (TPSA) is 79.6 Å². The van der Waals surface area contributed by atoms with E-state index in [0.29, 0.717) is 23.9 Å². The van der Waals surface area contributed by atoms with Crippen molar-refractivity contribution < 1.29 is 18.3 Å². The summed E-state index contributed by atoms with van der Waals surface area (Å²) in [6, 6.07) is 5.29.